The largest absolute Gasteiger partial charge is 0.372 e. The lowest BCUT2D eigenvalue weighted by Crippen LogP contribution is -2.43. The summed E-state index contributed by atoms with van der Waals surface area (Å²) in [6.45, 7) is 3.14. The average molecular weight is 314 g/mol. The predicted octanol–water partition coefficient (Wildman–Crippen LogP) is 0.830. The van der Waals surface area contributed by atoms with Gasteiger partial charge in [-0.25, -0.2) is 15.0 Å². The van der Waals surface area contributed by atoms with Gasteiger partial charge in [0.1, 0.15) is 29.1 Å². The molecule has 1 atom stereocenters. The fraction of sp³-hybridized carbons (Fsp3) is 0.400. The molecule has 1 aliphatic rings. The van der Waals surface area contributed by atoms with Crippen LogP contribution in [0.2, 0.25) is 0 Å². The average Bonchev–Trinajstić information content (AvgIpc) is 2.61. The maximum atomic E-state index is 12.6. The SMILES string of the molecule is CNc1nccnc1[C@H]1CN(C(=O)c2ccnc(C)n2)CCO1. The molecule has 0 unspecified atom stereocenters. The highest BCUT2D eigenvalue weighted by molar-refractivity contribution is 5.92. The first-order valence-corrected chi connectivity index (χ1v) is 7.38. The molecular formula is C15H18N6O2. The number of aromatic nitrogens is 4. The van der Waals surface area contributed by atoms with Crippen molar-refractivity contribution in [1.29, 1.82) is 0 Å². The van der Waals surface area contributed by atoms with Crippen LogP contribution in [0.15, 0.2) is 24.7 Å². The fourth-order valence-corrected chi connectivity index (χ4v) is 2.51. The van der Waals surface area contributed by atoms with Gasteiger partial charge in [0.25, 0.3) is 5.91 Å². The van der Waals surface area contributed by atoms with Crippen molar-refractivity contribution in [2.75, 3.05) is 32.1 Å². The quantitative estimate of drug-likeness (QED) is 0.897. The number of hydrogen-bond acceptors (Lipinski definition) is 7. The highest BCUT2D eigenvalue weighted by atomic mass is 16.5. The van der Waals surface area contributed by atoms with E-state index in [2.05, 4.69) is 25.3 Å². The van der Waals surface area contributed by atoms with Crippen LogP contribution in [0.3, 0.4) is 0 Å². The Labute approximate surface area is 134 Å². The lowest BCUT2D eigenvalue weighted by molar-refractivity contribution is -0.0247. The monoisotopic (exact) mass is 314 g/mol. The van der Waals surface area contributed by atoms with E-state index in [9.17, 15) is 4.79 Å². The minimum atomic E-state index is -0.313. The smallest absolute Gasteiger partial charge is 0.272 e. The van der Waals surface area contributed by atoms with Gasteiger partial charge in [-0.05, 0) is 13.0 Å². The second kappa shape index (κ2) is 6.66. The molecule has 0 radical (unpaired) electrons. The molecule has 8 heteroatoms. The number of carbonyl (C=O) groups is 1. The van der Waals surface area contributed by atoms with E-state index in [-0.39, 0.29) is 12.0 Å². The van der Waals surface area contributed by atoms with E-state index in [4.69, 9.17) is 4.74 Å². The van der Waals surface area contributed by atoms with Crippen LogP contribution in [-0.4, -0.2) is 57.5 Å². The number of hydrogen-bond donors (Lipinski definition) is 1. The van der Waals surface area contributed by atoms with Gasteiger partial charge in [0.05, 0.1) is 13.2 Å². The molecule has 0 aromatic carbocycles. The van der Waals surface area contributed by atoms with E-state index in [0.29, 0.717) is 42.7 Å². The molecule has 23 heavy (non-hydrogen) atoms. The van der Waals surface area contributed by atoms with Gasteiger partial charge in [0.2, 0.25) is 0 Å². The van der Waals surface area contributed by atoms with Gasteiger partial charge in [-0.3, -0.25) is 9.78 Å². The first-order chi connectivity index (χ1) is 11.2. The van der Waals surface area contributed by atoms with Gasteiger partial charge >= 0.3 is 0 Å². The fourth-order valence-electron chi connectivity index (χ4n) is 2.51. The molecule has 3 rings (SSSR count). The Kier molecular flexibility index (Phi) is 4.42. The topological polar surface area (TPSA) is 93.1 Å². The third-order valence-electron chi connectivity index (χ3n) is 3.62. The first-order valence-electron chi connectivity index (χ1n) is 7.38. The third kappa shape index (κ3) is 3.26. The lowest BCUT2D eigenvalue weighted by Gasteiger charge is -2.32. The summed E-state index contributed by atoms with van der Waals surface area (Å²) in [6.07, 6.45) is 4.51. The van der Waals surface area contributed by atoms with Gasteiger partial charge < -0.3 is 15.0 Å². The zero-order valence-electron chi connectivity index (χ0n) is 13.1. The molecule has 1 aliphatic heterocycles. The number of morpholine rings is 1. The summed E-state index contributed by atoms with van der Waals surface area (Å²) < 4.78 is 5.78. The van der Waals surface area contributed by atoms with Crippen molar-refractivity contribution in [2.45, 2.75) is 13.0 Å². The molecular weight excluding hydrogens is 296 g/mol. The van der Waals surface area contributed by atoms with Crippen LogP contribution in [0.4, 0.5) is 5.82 Å². The number of anilines is 1. The lowest BCUT2D eigenvalue weighted by atomic mass is 10.2. The van der Waals surface area contributed by atoms with Gasteiger partial charge in [-0.15, -0.1) is 0 Å². The molecule has 120 valence electrons. The van der Waals surface area contributed by atoms with E-state index in [1.54, 1.807) is 43.5 Å². The van der Waals surface area contributed by atoms with Gasteiger partial charge in [-0.2, -0.15) is 0 Å². The number of ether oxygens (including phenoxy) is 1. The number of amides is 1. The summed E-state index contributed by atoms with van der Waals surface area (Å²) in [5.41, 5.74) is 1.09. The molecule has 2 aromatic rings. The number of carbonyl (C=O) groups excluding carboxylic acids is 1. The first kappa shape index (κ1) is 15.3. The Bertz CT molecular complexity index is 708. The van der Waals surface area contributed by atoms with Crippen molar-refractivity contribution in [3.8, 4) is 0 Å². The van der Waals surface area contributed by atoms with E-state index >= 15 is 0 Å². The minimum absolute atomic E-state index is 0.126. The number of nitrogens with one attached hydrogen (secondary N) is 1. The zero-order valence-corrected chi connectivity index (χ0v) is 13.1. The van der Waals surface area contributed by atoms with Crippen molar-refractivity contribution in [3.05, 3.63) is 41.9 Å². The summed E-state index contributed by atoms with van der Waals surface area (Å²) in [5, 5.41) is 3.00. The molecule has 0 bridgehead atoms. The zero-order chi connectivity index (χ0) is 16.2. The molecule has 1 saturated heterocycles. The second-order valence-corrected chi connectivity index (χ2v) is 5.14. The summed E-state index contributed by atoms with van der Waals surface area (Å²) in [5.74, 6) is 1.11. The Morgan fingerprint density at radius 3 is 2.91 bits per heavy atom. The Morgan fingerprint density at radius 2 is 2.13 bits per heavy atom. The number of aryl methyl sites for hydroxylation is 1. The summed E-state index contributed by atoms with van der Waals surface area (Å²) in [4.78, 5) is 31.1. The highest BCUT2D eigenvalue weighted by Gasteiger charge is 2.29. The third-order valence-corrected chi connectivity index (χ3v) is 3.62. The summed E-state index contributed by atoms with van der Waals surface area (Å²) >= 11 is 0. The summed E-state index contributed by atoms with van der Waals surface area (Å²) in [6, 6.07) is 1.63. The van der Waals surface area contributed by atoms with E-state index in [1.165, 1.54) is 0 Å². The van der Waals surface area contributed by atoms with Crippen molar-refractivity contribution in [2.24, 2.45) is 0 Å². The maximum Gasteiger partial charge on any atom is 0.272 e. The molecule has 8 nitrogen and oxygen atoms in total. The van der Waals surface area contributed by atoms with Crippen LogP contribution < -0.4 is 5.32 Å². The molecule has 0 aliphatic carbocycles. The van der Waals surface area contributed by atoms with Gasteiger partial charge in [0.15, 0.2) is 0 Å². The van der Waals surface area contributed by atoms with Crippen LogP contribution in [0.25, 0.3) is 0 Å². The van der Waals surface area contributed by atoms with Gasteiger partial charge in [-0.1, -0.05) is 0 Å². The highest BCUT2D eigenvalue weighted by Crippen LogP contribution is 2.25. The van der Waals surface area contributed by atoms with Crippen LogP contribution in [0, 0.1) is 6.92 Å². The molecule has 0 spiro atoms. The molecule has 1 amide bonds. The standard InChI is InChI=1S/C15H18N6O2/c1-10-17-4-3-11(20-10)15(22)21-7-8-23-12(9-21)13-14(16-2)19-6-5-18-13/h3-6,12H,7-9H2,1-2H3,(H,16,19)/t12-/m1/s1. The normalized spacial score (nSPS) is 17.8. The second-order valence-electron chi connectivity index (χ2n) is 5.14. The maximum absolute atomic E-state index is 12.6. The van der Waals surface area contributed by atoms with E-state index < -0.39 is 0 Å². The molecule has 0 saturated carbocycles. The van der Waals surface area contributed by atoms with E-state index in [1.807, 2.05) is 0 Å². The number of rotatable bonds is 3. The van der Waals surface area contributed by atoms with Crippen molar-refractivity contribution in [1.82, 2.24) is 24.8 Å². The van der Waals surface area contributed by atoms with Crippen molar-refractivity contribution in [3.63, 3.8) is 0 Å². The summed E-state index contributed by atoms with van der Waals surface area (Å²) in [7, 11) is 1.78. The van der Waals surface area contributed by atoms with Gasteiger partial charge in [0, 0.05) is 32.2 Å². The Balaban J connectivity index is 1.79. The minimum Gasteiger partial charge on any atom is -0.372 e. The Morgan fingerprint density at radius 1 is 1.30 bits per heavy atom. The molecule has 2 aromatic heterocycles. The number of nitrogens with zero attached hydrogens (tertiary/aromatic N) is 5. The molecule has 1 N–H and O–H groups in total. The van der Waals surface area contributed by atoms with Crippen LogP contribution >= 0.6 is 0 Å². The van der Waals surface area contributed by atoms with Crippen molar-refractivity contribution < 1.29 is 9.53 Å². The van der Waals surface area contributed by atoms with E-state index in [0.717, 1.165) is 0 Å². The van der Waals surface area contributed by atoms with Crippen LogP contribution in [0.5, 0.6) is 0 Å². The van der Waals surface area contributed by atoms with Crippen molar-refractivity contribution >= 4 is 11.7 Å². The Hall–Kier alpha value is -2.61. The van der Waals surface area contributed by atoms with Crippen LogP contribution in [0.1, 0.15) is 28.1 Å². The molecule has 1 fully saturated rings. The predicted molar refractivity (Wildman–Crippen MR) is 82.9 cm³/mol. The molecule has 3 heterocycles. The van der Waals surface area contributed by atoms with Crippen LogP contribution in [-0.2, 0) is 4.74 Å².